The van der Waals surface area contributed by atoms with Crippen LogP contribution >= 0.6 is 12.2 Å². The van der Waals surface area contributed by atoms with Gasteiger partial charge in [0.05, 0.1) is 17.3 Å². The second-order valence-corrected chi connectivity index (χ2v) is 7.36. The molecule has 1 aromatic rings. The van der Waals surface area contributed by atoms with Gasteiger partial charge < -0.3 is 4.90 Å². The molecule has 0 radical (unpaired) electrons. The van der Waals surface area contributed by atoms with E-state index in [2.05, 4.69) is 15.1 Å². The average molecular weight is 358 g/mol. The maximum absolute atomic E-state index is 12.9. The van der Waals surface area contributed by atoms with Crippen molar-refractivity contribution in [2.75, 3.05) is 20.1 Å². The number of thiocarbonyl (C=S) groups is 1. The number of isothiocyanates is 1. The third-order valence-electron chi connectivity index (χ3n) is 5.69. The molecule has 0 aromatic heterocycles. The molecular weight excluding hydrogens is 330 g/mol. The van der Waals surface area contributed by atoms with Crippen molar-refractivity contribution in [3.8, 4) is 0 Å². The van der Waals surface area contributed by atoms with Gasteiger partial charge in [0.1, 0.15) is 0 Å². The lowest BCUT2D eigenvalue weighted by Gasteiger charge is -2.42. The van der Waals surface area contributed by atoms with Crippen LogP contribution in [0.4, 0.5) is 5.69 Å². The van der Waals surface area contributed by atoms with E-state index in [4.69, 9.17) is 12.2 Å². The number of likely N-dealkylation sites (tertiary alicyclic amines) is 1. The molecule has 1 saturated carbocycles. The number of rotatable bonds is 5. The van der Waals surface area contributed by atoms with Gasteiger partial charge in [0.2, 0.25) is 5.91 Å². The van der Waals surface area contributed by atoms with E-state index in [9.17, 15) is 4.79 Å². The van der Waals surface area contributed by atoms with E-state index in [0.717, 1.165) is 17.7 Å². The number of hydrogen-bond donors (Lipinski definition) is 0. The molecule has 2 fully saturated rings. The highest BCUT2D eigenvalue weighted by atomic mass is 32.1. The number of carbonyl (C=O) groups excluding carboxylic acids is 1. The van der Waals surface area contributed by atoms with E-state index < -0.39 is 0 Å². The molecule has 3 rings (SSSR count). The highest BCUT2D eigenvalue weighted by molar-refractivity contribution is 7.78. The molecule has 0 N–H and O–H groups in total. The van der Waals surface area contributed by atoms with E-state index in [1.165, 1.54) is 45.2 Å². The summed E-state index contributed by atoms with van der Waals surface area (Å²) in [4.78, 5) is 21.7. The number of amides is 1. The molecule has 5 heteroatoms. The van der Waals surface area contributed by atoms with Crippen molar-refractivity contribution in [1.29, 1.82) is 0 Å². The highest BCUT2D eigenvalue weighted by Crippen LogP contribution is 2.29. The fraction of sp³-hybridized carbons (Fsp3) is 0.600. The molecule has 134 valence electrons. The lowest BCUT2D eigenvalue weighted by Crippen LogP contribution is -2.53. The van der Waals surface area contributed by atoms with Crippen LogP contribution in [-0.2, 0) is 11.2 Å². The Kier molecular flexibility index (Phi) is 6.35. The van der Waals surface area contributed by atoms with Crippen LogP contribution in [0, 0.1) is 0 Å². The van der Waals surface area contributed by atoms with Crippen molar-refractivity contribution in [3.63, 3.8) is 0 Å². The number of hydrogen-bond acceptors (Lipinski definition) is 4. The molecule has 25 heavy (non-hydrogen) atoms. The maximum atomic E-state index is 12.9. The summed E-state index contributed by atoms with van der Waals surface area (Å²) in [5, 5.41) is 2.41. The van der Waals surface area contributed by atoms with Crippen molar-refractivity contribution in [1.82, 2.24) is 9.80 Å². The molecule has 1 heterocycles. The zero-order valence-electron chi connectivity index (χ0n) is 15.0. The van der Waals surface area contributed by atoms with Gasteiger partial charge >= 0.3 is 0 Å². The molecule has 0 spiro atoms. The molecule has 1 aliphatic carbocycles. The van der Waals surface area contributed by atoms with Crippen LogP contribution in [0.3, 0.4) is 0 Å². The Morgan fingerprint density at radius 1 is 1.24 bits per heavy atom. The largest absolute Gasteiger partial charge is 0.341 e. The summed E-state index contributed by atoms with van der Waals surface area (Å²) in [6, 6.07) is 8.55. The van der Waals surface area contributed by atoms with Crippen LogP contribution in [0.25, 0.3) is 0 Å². The molecule has 1 saturated heterocycles. The lowest BCUT2D eigenvalue weighted by molar-refractivity contribution is -0.133. The average Bonchev–Trinajstić information content (AvgIpc) is 3.17. The molecule has 2 aliphatic rings. The zero-order valence-corrected chi connectivity index (χ0v) is 15.8. The first kappa shape index (κ1) is 18.2. The predicted molar refractivity (Wildman–Crippen MR) is 104 cm³/mol. The minimum absolute atomic E-state index is 0.170. The number of aliphatic imine (C=N–C) groups is 1. The summed E-state index contributed by atoms with van der Waals surface area (Å²) in [6.07, 6.45) is 7.80. The maximum Gasteiger partial charge on any atom is 0.227 e. The minimum atomic E-state index is 0.170. The van der Waals surface area contributed by atoms with Gasteiger partial charge in [-0.05, 0) is 62.6 Å². The Bertz CT molecular complexity index is 650. The topological polar surface area (TPSA) is 35.9 Å². The number of carbonyl (C=O) groups is 1. The summed E-state index contributed by atoms with van der Waals surface area (Å²) in [5.41, 5.74) is 1.67. The van der Waals surface area contributed by atoms with Crippen LogP contribution in [0.5, 0.6) is 0 Å². The van der Waals surface area contributed by atoms with Crippen molar-refractivity contribution in [2.45, 2.75) is 57.0 Å². The molecule has 0 bridgehead atoms. The lowest BCUT2D eigenvalue weighted by atomic mass is 9.88. The second kappa shape index (κ2) is 8.70. The Balaban J connectivity index is 1.71. The van der Waals surface area contributed by atoms with Gasteiger partial charge in [0.15, 0.2) is 0 Å². The van der Waals surface area contributed by atoms with E-state index in [1.54, 1.807) is 0 Å². The third kappa shape index (κ3) is 4.35. The summed E-state index contributed by atoms with van der Waals surface area (Å²) in [7, 11) is 1.98. The van der Waals surface area contributed by atoms with Crippen molar-refractivity contribution in [3.05, 3.63) is 29.8 Å². The van der Waals surface area contributed by atoms with Crippen LogP contribution < -0.4 is 0 Å². The SMILES string of the molecule is CN(C(=O)Cc1ccccc1N=C=S)[C@H]1CCCC[C@@H]1N1CCCC1. The van der Waals surface area contributed by atoms with E-state index in [1.807, 2.05) is 36.2 Å². The van der Waals surface area contributed by atoms with E-state index in [0.29, 0.717) is 18.5 Å². The molecule has 2 atom stereocenters. The van der Waals surface area contributed by atoms with E-state index >= 15 is 0 Å². The van der Waals surface area contributed by atoms with Crippen LogP contribution in [-0.4, -0.2) is 53.1 Å². The fourth-order valence-electron chi connectivity index (χ4n) is 4.33. The van der Waals surface area contributed by atoms with Crippen LogP contribution in [0.2, 0.25) is 0 Å². The molecule has 1 amide bonds. The normalized spacial score (nSPS) is 23.9. The van der Waals surface area contributed by atoms with Gasteiger partial charge in [0, 0.05) is 19.1 Å². The van der Waals surface area contributed by atoms with E-state index in [-0.39, 0.29) is 5.91 Å². The monoisotopic (exact) mass is 357 g/mol. The Labute approximate surface area is 155 Å². The summed E-state index contributed by atoms with van der Waals surface area (Å²) < 4.78 is 0. The molecule has 4 nitrogen and oxygen atoms in total. The van der Waals surface area contributed by atoms with Crippen molar-refractivity contribution >= 4 is 29.0 Å². The number of likely N-dealkylation sites (N-methyl/N-ethyl adjacent to an activating group) is 1. The summed E-state index contributed by atoms with van der Waals surface area (Å²) in [6.45, 7) is 2.38. The Morgan fingerprint density at radius 2 is 1.96 bits per heavy atom. The van der Waals surface area contributed by atoms with Gasteiger partial charge in [-0.15, -0.1) is 0 Å². The van der Waals surface area contributed by atoms with Crippen LogP contribution in [0.15, 0.2) is 29.3 Å². The van der Waals surface area contributed by atoms with Gasteiger partial charge in [-0.3, -0.25) is 9.69 Å². The fourth-order valence-corrected chi connectivity index (χ4v) is 4.43. The van der Waals surface area contributed by atoms with Crippen LogP contribution in [0.1, 0.15) is 44.1 Å². The van der Waals surface area contributed by atoms with Gasteiger partial charge in [-0.2, -0.15) is 4.99 Å². The number of nitrogens with zero attached hydrogens (tertiary/aromatic N) is 3. The number of benzene rings is 1. The molecule has 1 aliphatic heterocycles. The van der Waals surface area contributed by atoms with Gasteiger partial charge in [0.25, 0.3) is 0 Å². The van der Waals surface area contributed by atoms with Gasteiger partial charge in [-0.25, -0.2) is 0 Å². The molecule has 1 aromatic carbocycles. The number of para-hydroxylation sites is 1. The first-order chi connectivity index (χ1) is 12.2. The molecular formula is C20H27N3OS. The summed E-state index contributed by atoms with van der Waals surface area (Å²) >= 11 is 4.72. The zero-order chi connectivity index (χ0) is 17.6. The summed E-state index contributed by atoms with van der Waals surface area (Å²) in [5.74, 6) is 0.170. The minimum Gasteiger partial charge on any atom is -0.341 e. The Morgan fingerprint density at radius 3 is 2.72 bits per heavy atom. The first-order valence-electron chi connectivity index (χ1n) is 9.36. The smallest absolute Gasteiger partial charge is 0.227 e. The standard InChI is InChI=1S/C20H27N3OS/c1-22(18-10-4-5-11-19(18)23-12-6-7-13-23)20(24)14-16-8-2-3-9-17(16)21-15-25/h2-3,8-9,18-19H,4-7,10-14H2,1H3/t18-,19-/m0/s1. The third-order valence-corrected chi connectivity index (χ3v) is 5.79. The quantitative estimate of drug-likeness (QED) is 0.593. The highest BCUT2D eigenvalue weighted by Gasteiger charge is 2.35. The van der Waals surface area contributed by atoms with Crippen molar-refractivity contribution < 1.29 is 4.79 Å². The first-order valence-corrected chi connectivity index (χ1v) is 9.77. The van der Waals surface area contributed by atoms with Crippen molar-refractivity contribution in [2.24, 2.45) is 4.99 Å². The van der Waals surface area contributed by atoms with Gasteiger partial charge in [-0.1, -0.05) is 31.0 Å². The Hall–Kier alpha value is -1.55. The second-order valence-electron chi connectivity index (χ2n) is 7.18. The molecule has 0 unspecified atom stereocenters. The predicted octanol–water partition coefficient (Wildman–Crippen LogP) is 3.83.